The van der Waals surface area contributed by atoms with Gasteiger partial charge >= 0.3 is 0 Å². The van der Waals surface area contributed by atoms with E-state index in [9.17, 15) is 0 Å². The van der Waals surface area contributed by atoms with E-state index in [1.807, 2.05) is 18.1 Å². The van der Waals surface area contributed by atoms with Crippen LogP contribution in [0.15, 0.2) is 11.5 Å². The maximum atomic E-state index is 4.19. The van der Waals surface area contributed by atoms with Crippen LogP contribution in [0.4, 0.5) is 0 Å². The number of thioether (sulfide) groups is 1. The first-order valence-electron chi connectivity index (χ1n) is 5.94. The van der Waals surface area contributed by atoms with E-state index in [0.717, 1.165) is 17.0 Å². The van der Waals surface area contributed by atoms with Gasteiger partial charge < -0.3 is 4.57 Å². The predicted octanol–water partition coefficient (Wildman–Crippen LogP) is 3.11. The van der Waals surface area contributed by atoms with Crippen LogP contribution < -0.4 is 0 Å². The molecular formula is C11H19N3S. The molecule has 0 N–H and O–H groups in total. The topological polar surface area (TPSA) is 30.7 Å². The lowest BCUT2D eigenvalue weighted by Crippen LogP contribution is -2.03. The van der Waals surface area contributed by atoms with E-state index >= 15 is 0 Å². The molecular weight excluding hydrogens is 206 g/mol. The van der Waals surface area contributed by atoms with Crippen LogP contribution >= 0.6 is 11.8 Å². The molecule has 0 bridgehead atoms. The smallest absolute Gasteiger partial charge is 0.191 e. The fourth-order valence-corrected chi connectivity index (χ4v) is 3.33. The van der Waals surface area contributed by atoms with E-state index in [1.54, 1.807) is 0 Å². The third kappa shape index (κ3) is 2.97. The molecule has 0 aromatic carbocycles. The van der Waals surface area contributed by atoms with Crippen LogP contribution in [-0.4, -0.2) is 20.0 Å². The molecule has 1 saturated carbocycles. The molecule has 3 nitrogen and oxygen atoms in total. The van der Waals surface area contributed by atoms with E-state index < -0.39 is 0 Å². The SMILES string of the molecule is CCn1cnnc1SC1CCCCCC1. The number of rotatable bonds is 3. The average Bonchev–Trinajstić information content (AvgIpc) is 2.53. The maximum Gasteiger partial charge on any atom is 0.191 e. The molecule has 0 atom stereocenters. The summed E-state index contributed by atoms with van der Waals surface area (Å²) in [5, 5.41) is 10.0. The summed E-state index contributed by atoms with van der Waals surface area (Å²) >= 11 is 1.93. The number of aryl methyl sites for hydroxylation is 1. The summed E-state index contributed by atoms with van der Waals surface area (Å²) in [4.78, 5) is 0. The first kappa shape index (κ1) is 11.0. The molecule has 0 aliphatic heterocycles. The standard InChI is InChI=1S/C11H19N3S/c1-2-14-9-12-13-11(14)15-10-7-5-3-4-6-8-10/h9-10H,2-8H2,1H3. The van der Waals surface area contributed by atoms with Crippen molar-refractivity contribution in [3.63, 3.8) is 0 Å². The lowest BCUT2D eigenvalue weighted by atomic mass is 10.2. The Morgan fingerprint density at radius 2 is 2.07 bits per heavy atom. The van der Waals surface area contributed by atoms with Gasteiger partial charge in [-0.05, 0) is 19.8 Å². The van der Waals surface area contributed by atoms with E-state index in [1.165, 1.54) is 38.5 Å². The number of nitrogens with zero attached hydrogens (tertiary/aromatic N) is 3. The first-order valence-corrected chi connectivity index (χ1v) is 6.82. The molecule has 1 fully saturated rings. The second kappa shape index (κ2) is 5.54. The summed E-state index contributed by atoms with van der Waals surface area (Å²) < 4.78 is 2.13. The van der Waals surface area contributed by atoms with Crippen LogP contribution in [0.25, 0.3) is 0 Å². The molecule has 15 heavy (non-hydrogen) atoms. The van der Waals surface area contributed by atoms with Gasteiger partial charge in [0.2, 0.25) is 0 Å². The Bertz CT molecular complexity index is 290. The Kier molecular flexibility index (Phi) is 4.06. The highest BCUT2D eigenvalue weighted by Gasteiger charge is 2.16. The molecule has 0 saturated heterocycles. The van der Waals surface area contributed by atoms with Gasteiger partial charge in [0.05, 0.1) is 0 Å². The van der Waals surface area contributed by atoms with Gasteiger partial charge in [0, 0.05) is 11.8 Å². The van der Waals surface area contributed by atoms with E-state index in [-0.39, 0.29) is 0 Å². The zero-order chi connectivity index (χ0) is 10.5. The van der Waals surface area contributed by atoms with Gasteiger partial charge in [-0.15, -0.1) is 10.2 Å². The molecule has 1 aliphatic rings. The summed E-state index contributed by atoms with van der Waals surface area (Å²) in [6, 6.07) is 0. The van der Waals surface area contributed by atoms with Crippen molar-refractivity contribution in [3.05, 3.63) is 6.33 Å². The first-order chi connectivity index (χ1) is 7.40. The summed E-state index contributed by atoms with van der Waals surface area (Å²) in [7, 11) is 0. The van der Waals surface area contributed by atoms with Crippen molar-refractivity contribution in [2.75, 3.05) is 0 Å². The molecule has 1 heterocycles. The summed E-state index contributed by atoms with van der Waals surface area (Å²) in [5.41, 5.74) is 0. The normalized spacial score (nSPS) is 19.0. The van der Waals surface area contributed by atoms with Crippen LogP contribution in [0, 0.1) is 0 Å². The fraction of sp³-hybridized carbons (Fsp3) is 0.818. The van der Waals surface area contributed by atoms with Crippen molar-refractivity contribution >= 4 is 11.8 Å². The molecule has 0 amide bonds. The van der Waals surface area contributed by atoms with Crippen LogP contribution in [0.5, 0.6) is 0 Å². The number of hydrogen-bond acceptors (Lipinski definition) is 3. The quantitative estimate of drug-likeness (QED) is 0.741. The monoisotopic (exact) mass is 225 g/mol. The maximum absolute atomic E-state index is 4.19. The van der Waals surface area contributed by atoms with Gasteiger partial charge in [-0.1, -0.05) is 37.4 Å². The Hall–Kier alpha value is -0.510. The highest BCUT2D eigenvalue weighted by atomic mass is 32.2. The minimum atomic E-state index is 0.766. The molecule has 0 radical (unpaired) electrons. The van der Waals surface area contributed by atoms with Crippen molar-refractivity contribution in [2.45, 2.75) is 62.4 Å². The predicted molar refractivity (Wildman–Crippen MR) is 63.0 cm³/mol. The van der Waals surface area contributed by atoms with Gasteiger partial charge in [0.25, 0.3) is 0 Å². The minimum absolute atomic E-state index is 0.766. The minimum Gasteiger partial charge on any atom is -0.309 e. The third-order valence-corrected chi connectivity index (χ3v) is 4.33. The van der Waals surface area contributed by atoms with Crippen molar-refractivity contribution in [3.8, 4) is 0 Å². The summed E-state index contributed by atoms with van der Waals surface area (Å²) in [6.45, 7) is 3.11. The summed E-state index contributed by atoms with van der Waals surface area (Å²) in [6.07, 6.45) is 10.1. The Morgan fingerprint density at radius 3 is 2.73 bits per heavy atom. The fourth-order valence-electron chi connectivity index (χ4n) is 2.06. The van der Waals surface area contributed by atoms with Crippen LogP contribution in [0.1, 0.15) is 45.4 Å². The molecule has 84 valence electrons. The van der Waals surface area contributed by atoms with Gasteiger partial charge in [-0.3, -0.25) is 0 Å². The van der Waals surface area contributed by atoms with E-state index in [0.29, 0.717) is 0 Å². The lowest BCUT2D eigenvalue weighted by Gasteiger charge is -2.12. The van der Waals surface area contributed by atoms with Gasteiger partial charge in [0.1, 0.15) is 6.33 Å². The van der Waals surface area contributed by atoms with Crippen LogP contribution in [0.3, 0.4) is 0 Å². The van der Waals surface area contributed by atoms with E-state index in [2.05, 4.69) is 21.7 Å². The molecule has 0 spiro atoms. The lowest BCUT2D eigenvalue weighted by molar-refractivity contribution is 0.667. The van der Waals surface area contributed by atoms with Gasteiger partial charge in [-0.2, -0.15) is 0 Å². The average molecular weight is 225 g/mol. The molecule has 4 heteroatoms. The molecule has 1 aliphatic carbocycles. The highest BCUT2D eigenvalue weighted by Crippen LogP contribution is 2.31. The van der Waals surface area contributed by atoms with Crippen LogP contribution in [0.2, 0.25) is 0 Å². The Labute approximate surface area is 95.7 Å². The largest absolute Gasteiger partial charge is 0.309 e. The van der Waals surface area contributed by atoms with E-state index in [4.69, 9.17) is 0 Å². The zero-order valence-corrected chi connectivity index (χ0v) is 10.2. The molecule has 1 aromatic heterocycles. The Morgan fingerprint density at radius 1 is 1.33 bits per heavy atom. The third-order valence-electron chi connectivity index (χ3n) is 2.99. The second-order valence-corrected chi connectivity index (χ2v) is 5.40. The second-order valence-electron chi connectivity index (χ2n) is 4.13. The molecule has 2 rings (SSSR count). The Balaban J connectivity index is 1.94. The summed E-state index contributed by atoms with van der Waals surface area (Å²) in [5.74, 6) is 0. The van der Waals surface area contributed by atoms with Gasteiger partial charge in [0.15, 0.2) is 5.16 Å². The molecule has 0 unspecified atom stereocenters. The molecule has 1 aromatic rings. The number of aromatic nitrogens is 3. The highest BCUT2D eigenvalue weighted by molar-refractivity contribution is 7.99. The van der Waals surface area contributed by atoms with Crippen molar-refractivity contribution in [1.29, 1.82) is 0 Å². The van der Waals surface area contributed by atoms with Gasteiger partial charge in [-0.25, -0.2) is 0 Å². The zero-order valence-electron chi connectivity index (χ0n) is 9.35. The van der Waals surface area contributed by atoms with Crippen molar-refractivity contribution in [2.24, 2.45) is 0 Å². The van der Waals surface area contributed by atoms with Crippen LogP contribution in [-0.2, 0) is 6.54 Å². The number of hydrogen-bond donors (Lipinski definition) is 0. The van der Waals surface area contributed by atoms with Crippen molar-refractivity contribution in [1.82, 2.24) is 14.8 Å². The van der Waals surface area contributed by atoms with Crippen molar-refractivity contribution < 1.29 is 0 Å².